The first-order valence-corrected chi connectivity index (χ1v) is 13.1. The van der Waals surface area contributed by atoms with Crippen LogP contribution in [0.1, 0.15) is 22.3 Å². The Morgan fingerprint density at radius 3 is 2.50 bits per heavy atom. The molecule has 0 radical (unpaired) electrons. The van der Waals surface area contributed by atoms with Gasteiger partial charge in [0.05, 0.1) is 12.1 Å². The van der Waals surface area contributed by atoms with Crippen LogP contribution in [0.15, 0.2) is 65.3 Å². The summed E-state index contributed by atoms with van der Waals surface area (Å²) in [6.07, 6.45) is 1.63. The second-order valence-corrected chi connectivity index (χ2v) is 10.9. The van der Waals surface area contributed by atoms with Gasteiger partial charge < -0.3 is 9.47 Å². The summed E-state index contributed by atoms with van der Waals surface area (Å²) in [7, 11) is 0. The van der Waals surface area contributed by atoms with Crippen LogP contribution in [0, 0.1) is 27.7 Å². The van der Waals surface area contributed by atoms with E-state index in [1.165, 1.54) is 6.07 Å². The lowest BCUT2D eigenvalue weighted by Crippen LogP contribution is -2.06. The molecule has 0 saturated carbocycles. The average Bonchev–Trinajstić information content (AvgIpc) is 3.13. The van der Waals surface area contributed by atoms with Gasteiger partial charge in [0.1, 0.15) is 12.4 Å². The van der Waals surface area contributed by atoms with Crippen LogP contribution in [0.4, 0.5) is 5.69 Å². The first kappa shape index (κ1) is 25.0. The first-order valence-electron chi connectivity index (χ1n) is 9.85. The quantitative estimate of drug-likeness (QED) is 0.0919. The van der Waals surface area contributed by atoms with Gasteiger partial charge in [-0.1, -0.05) is 18.2 Å². The van der Waals surface area contributed by atoms with Crippen LogP contribution in [0.2, 0.25) is 0 Å². The van der Waals surface area contributed by atoms with Crippen molar-refractivity contribution in [1.29, 1.82) is 0 Å². The van der Waals surface area contributed by atoms with E-state index in [0.29, 0.717) is 17.7 Å². The van der Waals surface area contributed by atoms with Crippen molar-refractivity contribution in [2.75, 3.05) is 0 Å². The molecule has 3 aromatic carbocycles. The Kier molecular flexibility index (Phi) is 7.87. The van der Waals surface area contributed by atoms with Crippen LogP contribution in [-0.4, -0.2) is 16.8 Å². The molecule has 0 spiro atoms. The summed E-state index contributed by atoms with van der Waals surface area (Å²) in [5.41, 5.74) is 2.80. The van der Waals surface area contributed by atoms with E-state index in [9.17, 15) is 14.9 Å². The molecule has 0 aromatic heterocycles. The summed E-state index contributed by atoms with van der Waals surface area (Å²) >= 11 is 6.68. The molecule has 0 saturated heterocycles. The lowest BCUT2D eigenvalue weighted by Gasteiger charge is -2.12. The molecule has 1 heterocycles. The number of hydrogen-bond acceptors (Lipinski definition) is 6. The number of halogens is 3. The standard InChI is InChI=1S/C24H15I3N2O5/c1-13-5-6-16(11-21(13)29(31)32)23-28-20(24(30)34-23)10-15-8-18(26)22(19(27)9-15)33-12-14-3-2-4-17(25)7-14/h2-11H,12H2,1H3/b20-10-. The molecule has 0 unspecified atom stereocenters. The number of nitro groups is 1. The number of hydrogen-bond donors (Lipinski definition) is 0. The van der Waals surface area contributed by atoms with E-state index in [1.54, 1.807) is 25.1 Å². The van der Waals surface area contributed by atoms with Crippen molar-refractivity contribution < 1.29 is 19.2 Å². The highest BCUT2D eigenvalue weighted by Crippen LogP contribution is 2.31. The molecule has 0 fully saturated rings. The van der Waals surface area contributed by atoms with Crippen molar-refractivity contribution in [1.82, 2.24) is 0 Å². The van der Waals surface area contributed by atoms with Crippen molar-refractivity contribution in [3.8, 4) is 5.75 Å². The molecule has 7 nitrogen and oxygen atoms in total. The monoisotopic (exact) mass is 792 g/mol. The predicted molar refractivity (Wildman–Crippen MR) is 154 cm³/mol. The van der Waals surface area contributed by atoms with Gasteiger partial charge in [0.2, 0.25) is 5.90 Å². The molecule has 172 valence electrons. The normalized spacial score (nSPS) is 14.2. The number of esters is 1. The fourth-order valence-electron chi connectivity index (χ4n) is 3.21. The highest BCUT2D eigenvalue weighted by molar-refractivity contribution is 14.1. The van der Waals surface area contributed by atoms with Crippen LogP contribution in [-0.2, 0) is 16.1 Å². The van der Waals surface area contributed by atoms with E-state index in [1.807, 2.05) is 30.3 Å². The number of aryl methyl sites for hydroxylation is 1. The van der Waals surface area contributed by atoms with Gasteiger partial charge in [0.25, 0.3) is 5.69 Å². The molecule has 0 aliphatic carbocycles. The fourth-order valence-corrected chi connectivity index (χ4v) is 5.95. The largest absolute Gasteiger partial charge is 0.487 e. The minimum absolute atomic E-state index is 0.0428. The van der Waals surface area contributed by atoms with Crippen molar-refractivity contribution in [3.05, 3.63) is 103 Å². The van der Waals surface area contributed by atoms with Gasteiger partial charge in [-0.3, -0.25) is 10.1 Å². The number of nitro benzene ring substituents is 1. The van der Waals surface area contributed by atoms with Gasteiger partial charge in [-0.2, -0.15) is 0 Å². The maximum absolute atomic E-state index is 12.4. The lowest BCUT2D eigenvalue weighted by molar-refractivity contribution is -0.385. The van der Waals surface area contributed by atoms with Crippen LogP contribution in [0.25, 0.3) is 6.08 Å². The zero-order valence-corrected chi connectivity index (χ0v) is 24.0. The van der Waals surface area contributed by atoms with Crippen molar-refractivity contribution in [2.24, 2.45) is 4.99 Å². The third kappa shape index (κ3) is 5.76. The number of rotatable bonds is 6. The molecule has 34 heavy (non-hydrogen) atoms. The fraction of sp³-hybridized carbons (Fsp3) is 0.0833. The number of cyclic esters (lactones) is 1. The van der Waals surface area contributed by atoms with Crippen molar-refractivity contribution >= 4 is 91.4 Å². The summed E-state index contributed by atoms with van der Waals surface area (Å²) in [5.74, 6) is 0.204. The molecule has 4 rings (SSSR count). The number of ether oxygens (including phenoxy) is 2. The van der Waals surface area contributed by atoms with E-state index in [4.69, 9.17) is 9.47 Å². The second-order valence-electron chi connectivity index (χ2n) is 7.33. The molecule has 1 aliphatic heterocycles. The zero-order chi connectivity index (χ0) is 24.4. The number of carbonyl (C=O) groups is 1. The SMILES string of the molecule is Cc1ccc(C2=N/C(=C\c3cc(I)c(OCc4cccc(I)c4)c(I)c3)C(=O)O2)cc1[N+](=O)[O-]. The number of nitrogens with zero attached hydrogens (tertiary/aromatic N) is 2. The summed E-state index contributed by atoms with van der Waals surface area (Å²) < 4.78 is 14.3. The highest BCUT2D eigenvalue weighted by Gasteiger charge is 2.26. The molecular weight excluding hydrogens is 777 g/mol. The maximum Gasteiger partial charge on any atom is 0.363 e. The molecule has 3 aromatic rings. The van der Waals surface area contributed by atoms with Crippen LogP contribution >= 0.6 is 67.8 Å². The zero-order valence-electron chi connectivity index (χ0n) is 17.6. The van der Waals surface area contributed by atoms with Gasteiger partial charge in [-0.05, 0) is 122 Å². The van der Waals surface area contributed by atoms with Gasteiger partial charge >= 0.3 is 5.97 Å². The Balaban J connectivity index is 1.57. The van der Waals surface area contributed by atoms with Gasteiger partial charge in [-0.15, -0.1) is 0 Å². The lowest BCUT2D eigenvalue weighted by atomic mass is 10.1. The molecule has 0 N–H and O–H groups in total. The summed E-state index contributed by atoms with van der Waals surface area (Å²) in [6.45, 7) is 2.10. The maximum atomic E-state index is 12.4. The van der Waals surface area contributed by atoms with Gasteiger partial charge in [0, 0.05) is 20.8 Å². The minimum atomic E-state index is -0.609. The summed E-state index contributed by atoms with van der Waals surface area (Å²) in [6, 6.07) is 16.5. The predicted octanol–water partition coefficient (Wildman–Crippen LogP) is 6.64. The van der Waals surface area contributed by atoms with Crippen LogP contribution in [0.5, 0.6) is 5.75 Å². The third-order valence-corrected chi connectivity index (χ3v) is 7.14. The van der Waals surface area contributed by atoms with E-state index < -0.39 is 10.9 Å². The molecule has 0 atom stereocenters. The molecular formula is C24H15I3N2O5. The Hall–Kier alpha value is -2.07. The number of benzene rings is 3. The van der Waals surface area contributed by atoms with E-state index in [2.05, 4.69) is 78.8 Å². The Morgan fingerprint density at radius 1 is 1.09 bits per heavy atom. The Morgan fingerprint density at radius 2 is 1.82 bits per heavy atom. The topological polar surface area (TPSA) is 91.0 Å². The third-order valence-electron chi connectivity index (χ3n) is 4.87. The molecule has 1 aliphatic rings. The van der Waals surface area contributed by atoms with Gasteiger partial charge in [-0.25, -0.2) is 9.79 Å². The van der Waals surface area contributed by atoms with E-state index in [-0.39, 0.29) is 17.3 Å². The van der Waals surface area contributed by atoms with Crippen LogP contribution < -0.4 is 4.74 Å². The molecule has 0 amide bonds. The Labute approximate surface area is 236 Å². The number of aliphatic imine (C=N–C) groups is 1. The highest BCUT2D eigenvalue weighted by atomic mass is 127. The summed E-state index contributed by atoms with van der Waals surface area (Å²) in [5, 5.41) is 11.2. The Bertz CT molecular complexity index is 1360. The molecule has 0 bridgehead atoms. The van der Waals surface area contributed by atoms with Crippen molar-refractivity contribution in [3.63, 3.8) is 0 Å². The smallest absolute Gasteiger partial charge is 0.363 e. The average molecular weight is 792 g/mol. The molecule has 10 heteroatoms. The van der Waals surface area contributed by atoms with Crippen LogP contribution in [0.3, 0.4) is 0 Å². The van der Waals surface area contributed by atoms with Gasteiger partial charge in [0.15, 0.2) is 5.70 Å². The van der Waals surface area contributed by atoms with E-state index in [0.717, 1.165) is 27.6 Å². The van der Waals surface area contributed by atoms with E-state index >= 15 is 0 Å². The first-order chi connectivity index (χ1) is 16.2. The number of carbonyl (C=O) groups excluding carboxylic acids is 1. The minimum Gasteiger partial charge on any atom is -0.487 e. The second kappa shape index (κ2) is 10.7. The van der Waals surface area contributed by atoms with Crippen molar-refractivity contribution in [2.45, 2.75) is 13.5 Å². The summed E-state index contributed by atoms with van der Waals surface area (Å²) in [4.78, 5) is 27.4.